The molecule has 208 valence electrons. The van der Waals surface area contributed by atoms with Crippen molar-refractivity contribution in [1.82, 2.24) is 4.98 Å². The molecule has 2 unspecified atom stereocenters. The minimum Gasteiger partial charge on any atom is -1.00 e. The second-order valence-electron chi connectivity index (χ2n) is 10.8. The molecule has 41 heavy (non-hydrogen) atoms. The molecule has 0 bridgehead atoms. The summed E-state index contributed by atoms with van der Waals surface area (Å²) in [5.41, 5.74) is 6.98. The van der Waals surface area contributed by atoms with Crippen molar-refractivity contribution in [3.05, 3.63) is 112 Å². The van der Waals surface area contributed by atoms with Crippen LogP contribution in [0.4, 0.5) is 0 Å². The Hall–Kier alpha value is -2.08. The SMILES string of the molecule is CC(=O)OC(C)Cc1ccccc1CCC(SCC1CC1)c1cccc(C=Cc2ccc3ccc(Cl)cc3n2)c1.[H-].[Na+]. The molecule has 0 spiro atoms. The van der Waals surface area contributed by atoms with E-state index in [0.717, 1.165) is 41.8 Å². The van der Waals surface area contributed by atoms with Crippen molar-refractivity contribution in [2.75, 3.05) is 5.75 Å². The Kier molecular flexibility index (Phi) is 12.0. The molecule has 1 fully saturated rings. The van der Waals surface area contributed by atoms with Gasteiger partial charge in [-0.25, -0.2) is 4.98 Å². The Morgan fingerprint density at radius 3 is 2.61 bits per heavy atom. The van der Waals surface area contributed by atoms with Gasteiger partial charge in [0, 0.05) is 29.0 Å². The normalized spacial score (nSPS) is 14.5. The predicted octanol–water partition coefficient (Wildman–Crippen LogP) is 6.49. The summed E-state index contributed by atoms with van der Waals surface area (Å²) < 4.78 is 5.41. The first kappa shape index (κ1) is 31.8. The van der Waals surface area contributed by atoms with Gasteiger partial charge in [-0.15, -0.1) is 0 Å². The molecule has 0 amide bonds. The van der Waals surface area contributed by atoms with E-state index in [1.165, 1.54) is 47.8 Å². The van der Waals surface area contributed by atoms with Gasteiger partial charge in [0.15, 0.2) is 0 Å². The van der Waals surface area contributed by atoms with Gasteiger partial charge in [0.2, 0.25) is 0 Å². The van der Waals surface area contributed by atoms with Crippen LogP contribution in [0.3, 0.4) is 0 Å². The number of carbonyl (C=O) groups is 1. The molecule has 0 N–H and O–H groups in total. The van der Waals surface area contributed by atoms with Crippen LogP contribution in [-0.2, 0) is 22.4 Å². The summed E-state index contributed by atoms with van der Waals surface area (Å²) in [6, 6.07) is 27.4. The van der Waals surface area contributed by atoms with Gasteiger partial charge in [0.25, 0.3) is 0 Å². The zero-order valence-electron chi connectivity index (χ0n) is 25.2. The van der Waals surface area contributed by atoms with Gasteiger partial charge in [0.1, 0.15) is 6.10 Å². The van der Waals surface area contributed by atoms with Crippen molar-refractivity contribution in [3.63, 3.8) is 0 Å². The molecule has 4 aromatic rings. The molecule has 1 aliphatic carbocycles. The molecule has 1 saturated carbocycles. The molecule has 0 aliphatic heterocycles. The molecule has 1 aliphatic rings. The Balaban J connectivity index is 0.00000242. The largest absolute Gasteiger partial charge is 1.00 e. The number of carbonyl (C=O) groups excluding carboxylic acids is 1. The molecule has 6 heteroatoms. The number of rotatable bonds is 12. The first-order valence-corrected chi connectivity index (χ1v) is 15.6. The molecule has 1 aromatic heterocycles. The number of pyridine rings is 1. The van der Waals surface area contributed by atoms with E-state index in [4.69, 9.17) is 21.3 Å². The van der Waals surface area contributed by atoms with Crippen LogP contribution in [0.5, 0.6) is 0 Å². The van der Waals surface area contributed by atoms with Crippen LogP contribution < -0.4 is 29.6 Å². The van der Waals surface area contributed by atoms with Crippen molar-refractivity contribution in [1.29, 1.82) is 0 Å². The first-order valence-electron chi connectivity index (χ1n) is 14.1. The van der Waals surface area contributed by atoms with Crippen LogP contribution in [0.15, 0.2) is 78.9 Å². The van der Waals surface area contributed by atoms with E-state index in [2.05, 4.69) is 78.5 Å². The molecule has 0 radical (unpaired) electrons. The van der Waals surface area contributed by atoms with Gasteiger partial charge in [-0.05, 0) is 90.8 Å². The number of aromatic nitrogens is 1. The van der Waals surface area contributed by atoms with Crippen LogP contribution in [0.2, 0.25) is 5.02 Å². The standard InChI is InChI=1S/C35H36ClNO2S.Na.H/c1-24(39-25(2)38)20-30-8-4-3-7-28(30)15-19-35(40-23-27-10-11-27)31-9-5-6-26(21-31)12-17-33-18-14-29-13-16-32(36)22-34(29)37-33;;/h3-9,12-14,16-18,21-22,24,27,35H,10-11,15,19-20,23H2,1-2H3;;/q;+1;-1. The third-order valence-electron chi connectivity index (χ3n) is 7.30. The Labute approximate surface area is 276 Å². The molecular formula is C35H37ClNNaO2S. The summed E-state index contributed by atoms with van der Waals surface area (Å²) in [7, 11) is 0. The fourth-order valence-electron chi connectivity index (χ4n) is 5.05. The maximum absolute atomic E-state index is 11.4. The average Bonchev–Trinajstić information content (AvgIpc) is 3.77. The van der Waals surface area contributed by atoms with Crippen LogP contribution in [0.25, 0.3) is 23.1 Å². The number of thioether (sulfide) groups is 1. The fourth-order valence-corrected chi connectivity index (χ4v) is 6.68. The molecule has 5 rings (SSSR count). The molecule has 0 saturated heterocycles. The van der Waals surface area contributed by atoms with Crippen molar-refractivity contribution in [2.24, 2.45) is 5.92 Å². The van der Waals surface area contributed by atoms with E-state index in [9.17, 15) is 4.79 Å². The van der Waals surface area contributed by atoms with E-state index in [-0.39, 0.29) is 43.1 Å². The van der Waals surface area contributed by atoms with Crippen LogP contribution in [0, 0.1) is 5.92 Å². The Morgan fingerprint density at radius 2 is 1.83 bits per heavy atom. The summed E-state index contributed by atoms with van der Waals surface area (Å²) in [4.78, 5) is 16.2. The van der Waals surface area contributed by atoms with Gasteiger partial charge in [0.05, 0.1) is 11.2 Å². The number of hydrogen-bond donors (Lipinski definition) is 0. The minimum absolute atomic E-state index is 0. The van der Waals surface area contributed by atoms with Gasteiger partial charge >= 0.3 is 35.5 Å². The first-order chi connectivity index (χ1) is 19.4. The molecule has 1 heterocycles. The summed E-state index contributed by atoms with van der Waals surface area (Å²) in [6.45, 7) is 3.44. The van der Waals surface area contributed by atoms with Crippen LogP contribution in [0.1, 0.15) is 67.7 Å². The van der Waals surface area contributed by atoms with Crippen LogP contribution in [-0.4, -0.2) is 22.8 Å². The second kappa shape index (κ2) is 15.4. The second-order valence-corrected chi connectivity index (χ2v) is 12.4. The number of nitrogens with zero attached hydrogens (tertiary/aromatic N) is 1. The van der Waals surface area contributed by atoms with Gasteiger partial charge in [-0.2, -0.15) is 11.8 Å². The van der Waals surface area contributed by atoms with E-state index in [0.29, 0.717) is 10.3 Å². The average molecular weight is 594 g/mol. The van der Waals surface area contributed by atoms with Crippen molar-refractivity contribution >= 4 is 52.4 Å². The number of ether oxygens (including phenoxy) is 1. The molecular weight excluding hydrogens is 557 g/mol. The van der Waals surface area contributed by atoms with E-state index in [1.807, 2.05) is 31.2 Å². The van der Waals surface area contributed by atoms with Gasteiger partial charge < -0.3 is 6.16 Å². The number of hydrogen-bond acceptors (Lipinski definition) is 4. The summed E-state index contributed by atoms with van der Waals surface area (Å²) >= 11 is 8.28. The maximum Gasteiger partial charge on any atom is 1.00 e. The third-order valence-corrected chi connectivity index (χ3v) is 9.11. The number of aryl methyl sites for hydroxylation is 1. The zero-order chi connectivity index (χ0) is 27.9. The third kappa shape index (κ3) is 9.73. The van der Waals surface area contributed by atoms with E-state index >= 15 is 0 Å². The number of benzene rings is 3. The maximum atomic E-state index is 11.4. The van der Waals surface area contributed by atoms with Crippen LogP contribution >= 0.6 is 23.4 Å². The summed E-state index contributed by atoms with van der Waals surface area (Å²) in [6.07, 6.45) is 9.63. The summed E-state index contributed by atoms with van der Waals surface area (Å²) in [5, 5.41) is 2.21. The molecule has 2 atom stereocenters. The smallest absolute Gasteiger partial charge is 1.00 e. The fraction of sp³-hybridized carbons (Fsp3) is 0.314. The molecule has 3 aromatic carbocycles. The minimum atomic E-state index is -0.226. The van der Waals surface area contributed by atoms with E-state index < -0.39 is 0 Å². The topological polar surface area (TPSA) is 39.2 Å². The zero-order valence-corrected chi connectivity index (χ0v) is 27.8. The van der Waals surface area contributed by atoms with Crippen molar-refractivity contribution in [2.45, 2.75) is 57.3 Å². The monoisotopic (exact) mass is 593 g/mol. The van der Waals surface area contributed by atoms with Crippen molar-refractivity contribution < 1.29 is 40.5 Å². The number of fused-ring (bicyclic) bond motifs is 1. The predicted molar refractivity (Wildman–Crippen MR) is 171 cm³/mol. The van der Waals surface area contributed by atoms with Gasteiger partial charge in [-0.3, -0.25) is 4.79 Å². The number of halogens is 1. The summed E-state index contributed by atoms with van der Waals surface area (Å²) in [5.74, 6) is 1.87. The molecule has 3 nitrogen and oxygen atoms in total. The van der Waals surface area contributed by atoms with Gasteiger partial charge in [-0.1, -0.05) is 78.3 Å². The Morgan fingerprint density at radius 1 is 1.05 bits per heavy atom. The Bertz CT molecular complexity index is 1510. The van der Waals surface area contributed by atoms with E-state index in [1.54, 1.807) is 0 Å². The quantitative estimate of drug-likeness (QED) is 0.139. The van der Waals surface area contributed by atoms with Crippen molar-refractivity contribution in [3.8, 4) is 0 Å². The number of esters is 1.